The molecule has 0 aromatic heterocycles. The number of hydrogen-bond donors (Lipinski definition) is 2. The van der Waals surface area contributed by atoms with E-state index in [2.05, 4.69) is 0 Å². The first kappa shape index (κ1) is 12.3. The molecule has 0 spiro atoms. The molecule has 0 saturated heterocycles. The Morgan fingerprint density at radius 1 is 1.54 bits per heavy atom. The predicted octanol–water partition coefficient (Wildman–Crippen LogP) is 1.61. The molecule has 3 nitrogen and oxygen atoms in total. The first-order valence-corrected chi connectivity index (χ1v) is 4.29. The van der Waals surface area contributed by atoms with Gasteiger partial charge in [0.15, 0.2) is 0 Å². The van der Waals surface area contributed by atoms with Crippen LogP contribution in [0, 0.1) is 0 Å². The van der Waals surface area contributed by atoms with E-state index in [9.17, 15) is 13.6 Å². The molecular formula is C8H15F2NO2. The van der Waals surface area contributed by atoms with E-state index in [0.29, 0.717) is 6.42 Å². The molecule has 0 aliphatic heterocycles. The highest BCUT2D eigenvalue weighted by molar-refractivity contribution is 5.76. The summed E-state index contributed by atoms with van der Waals surface area (Å²) in [5.41, 5.74) is 5.06. The summed E-state index contributed by atoms with van der Waals surface area (Å²) in [6.45, 7) is 1.93. The van der Waals surface area contributed by atoms with E-state index in [1.165, 1.54) is 0 Å². The molecular weight excluding hydrogens is 180 g/mol. The fraction of sp³-hybridized carbons (Fsp3) is 0.875. The zero-order valence-electron chi connectivity index (χ0n) is 7.59. The molecule has 0 radical (unpaired) electrons. The molecule has 0 rings (SSSR count). The van der Waals surface area contributed by atoms with Crippen LogP contribution >= 0.6 is 0 Å². The number of carboxylic acids is 1. The number of rotatable bonds is 6. The average Bonchev–Trinajstić information content (AvgIpc) is 2.04. The van der Waals surface area contributed by atoms with Gasteiger partial charge in [-0.05, 0) is 6.42 Å². The number of unbranched alkanes of at least 4 members (excludes halogenated alkanes) is 2. The van der Waals surface area contributed by atoms with Crippen molar-refractivity contribution in [3.05, 3.63) is 0 Å². The van der Waals surface area contributed by atoms with E-state index in [0.717, 1.165) is 12.8 Å². The largest absolute Gasteiger partial charge is 0.477 e. The summed E-state index contributed by atoms with van der Waals surface area (Å²) in [4.78, 5) is 10.1. The van der Waals surface area contributed by atoms with Crippen LogP contribution in [-0.4, -0.2) is 23.0 Å². The predicted molar refractivity (Wildman–Crippen MR) is 44.7 cm³/mol. The molecule has 0 aliphatic rings. The number of hydrogen-bond acceptors (Lipinski definition) is 2. The molecule has 0 aromatic rings. The first-order valence-electron chi connectivity index (χ1n) is 4.29. The summed E-state index contributed by atoms with van der Waals surface area (Å²) in [6, 6.07) is -1.57. The number of aliphatic carboxylic acids is 1. The molecule has 1 unspecified atom stereocenters. The topological polar surface area (TPSA) is 63.3 Å². The molecule has 1 atom stereocenters. The van der Waals surface area contributed by atoms with Gasteiger partial charge in [-0.25, -0.2) is 4.79 Å². The zero-order chi connectivity index (χ0) is 10.5. The Morgan fingerprint density at radius 3 is 2.46 bits per heavy atom. The minimum atomic E-state index is -3.80. The number of nitrogens with two attached hydrogens (primary N) is 1. The lowest BCUT2D eigenvalue weighted by molar-refractivity contribution is -0.168. The van der Waals surface area contributed by atoms with Crippen molar-refractivity contribution in [2.45, 2.75) is 44.6 Å². The number of alkyl halides is 2. The maximum Gasteiger partial charge on any atom is 0.376 e. The van der Waals surface area contributed by atoms with Gasteiger partial charge in [0.2, 0.25) is 0 Å². The van der Waals surface area contributed by atoms with E-state index in [4.69, 9.17) is 10.8 Å². The normalized spacial score (nSPS) is 14.2. The van der Waals surface area contributed by atoms with Crippen LogP contribution in [0.4, 0.5) is 8.78 Å². The van der Waals surface area contributed by atoms with Crippen LogP contribution in [0.2, 0.25) is 0 Å². The van der Waals surface area contributed by atoms with Gasteiger partial charge in [0.05, 0.1) is 6.04 Å². The van der Waals surface area contributed by atoms with Crippen molar-refractivity contribution in [1.29, 1.82) is 0 Å². The summed E-state index contributed by atoms with van der Waals surface area (Å²) in [5.74, 6) is -5.94. The smallest absolute Gasteiger partial charge is 0.376 e. The quantitative estimate of drug-likeness (QED) is 0.633. The Labute approximate surface area is 75.9 Å². The third-order valence-electron chi connectivity index (χ3n) is 1.87. The molecule has 3 N–H and O–H groups in total. The second-order valence-corrected chi connectivity index (χ2v) is 3.03. The Morgan fingerprint density at radius 2 is 2.08 bits per heavy atom. The lowest BCUT2D eigenvalue weighted by Crippen LogP contribution is -2.46. The van der Waals surface area contributed by atoms with Crippen molar-refractivity contribution < 1.29 is 18.7 Å². The average molecular weight is 195 g/mol. The van der Waals surface area contributed by atoms with Gasteiger partial charge in [0.1, 0.15) is 0 Å². The van der Waals surface area contributed by atoms with E-state index >= 15 is 0 Å². The van der Waals surface area contributed by atoms with Crippen molar-refractivity contribution in [3.63, 3.8) is 0 Å². The van der Waals surface area contributed by atoms with Crippen LogP contribution in [-0.2, 0) is 4.79 Å². The van der Waals surface area contributed by atoms with Crippen molar-refractivity contribution in [2.24, 2.45) is 5.73 Å². The van der Waals surface area contributed by atoms with Crippen LogP contribution < -0.4 is 5.73 Å². The summed E-state index contributed by atoms with van der Waals surface area (Å²) in [7, 11) is 0. The van der Waals surface area contributed by atoms with Gasteiger partial charge < -0.3 is 10.8 Å². The van der Waals surface area contributed by atoms with E-state index in [-0.39, 0.29) is 6.42 Å². The van der Waals surface area contributed by atoms with E-state index in [1.807, 2.05) is 6.92 Å². The third kappa shape index (κ3) is 3.67. The highest BCUT2D eigenvalue weighted by Crippen LogP contribution is 2.21. The van der Waals surface area contributed by atoms with Gasteiger partial charge in [-0.3, -0.25) is 0 Å². The van der Waals surface area contributed by atoms with Gasteiger partial charge in [0, 0.05) is 0 Å². The Bertz CT molecular complexity index is 174. The molecule has 78 valence electrons. The standard InChI is InChI=1S/C8H15F2NO2/c1-2-3-4-5-6(11)8(9,10)7(12)13/h6H,2-5,11H2,1H3,(H,12,13). The van der Waals surface area contributed by atoms with E-state index < -0.39 is 17.9 Å². The lowest BCUT2D eigenvalue weighted by Gasteiger charge is -2.18. The third-order valence-corrected chi connectivity index (χ3v) is 1.87. The van der Waals surface area contributed by atoms with Gasteiger partial charge >= 0.3 is 11.9 Å². The molecule has 0 aliphatic carbocycles. The molecule has 0 amide bonds. The molecule has 13 heavy (non-hydrogen) atoms. The SMILES string of the molecule is CCCCCC(N)C(F)(F)C(=O)O. The van der Waals surface area contributed by atoms with Crippen LogP contribution in [0.1, 0.15) is 32.6 Å². The number of halogens is 2. The molecule has 5 heteroatoms. The number of carboxylic acid groups (broad SMARTS) is 1. The molecule has 0 bridgehead atoms. The van der Waals surface area contributed by atoms with Crippen molar-refractivity contribution in [1.82, 2.24) is 0 Å². The van der Waals surface area contributed by atoms with Crippen molar-refractivity contribution >= 4 is 5.97 Å². The lowest BCUT2D eigenvalue weighted by atomic mass is 10.0. The minimum absolute atomic E-state index is 0.0488. The maximum absolute atomic E-state index is 12.6. The Balaban J connectivity index is 3.94. The zero-order valence-corrected chi connectivity index (χ0v) is 7.59. The highest BCUT2D eigenvalue weighted by atomic mass is 19.3. The summed E-state index contributed by atoms with van der Waals surface area (Å²) in [6.07, 6.45) is 2.28. The Hall–Kier alpha value is -0.710. The molecule has 0 fully saturated rings. The summed E-state index contributed by atoms with van der Waals surface area (Å²) >= 11 is 0. The van der Waals surface area contributed by atoms with Gasteiger partial charge in [-0.2, -0.15) is 8.78 Å². The van der Waals surface area contributed by atoms with Crippen LogP contribution in [0.25, 0.3) is 0 Å². The molecule has 0 aromatic carbocycles. The van der Waals surface area contributed by atoms with Gasteiger partial charge in [-0.15, -0.1) is 0 Å². The fourth-order valence-electron chi connectivity index (χ4n) is 0.954. The first-order chi connectivity index (χ1) is 5.92. The second-order valence-electron chi connectivity index (χ2n) is 3.03. The van der Waals surface area contributed by atoms with Crippen LogP contribution in [0.15, 0.2) is 0 Å². The van der Waals surface area contributed by atoms with Crippen molar-refractivity contribution in [3.8, 4) is 0 Å². The Kier molecular flexibility index (Phi) is 4.83. The fourth-order valence-corrected chi connectivity index (χ4v) is 0.954. The van der Waals surface area contributed by atoms with Gasteiger partial charge in [-0.1, -0.05) is 26.2 Å². The maximum atomic E-state index is 12.6. The minimum Gasteiger partial charge on any atom is -0.477 e. The van der Waals surface area contributed by atoms with Gasteiger partial charge in [0.25, 0.3) is 0 Å². The number of carbonyl (C=O) groups is 1. The highest BCUT2D eigenvalue weighted by Gasteiger charge is 2.44. The summed E-state index contributed by atoms with van der Waals surface area (Å²) in [5, 5.41) is 8.14. The van der Waals surface area contributed by atoms with Crippen LogP contribution in [0.5, 0.6) is 0 Å². The van der Waals surface area contributed by atoms with E-state index in [1.54, 1.807) is 0 Å². The summed E-state index contributed by atoms with van der Waals surface area (Å²) < 4.78 is 25.3. The second kappa shape index (κ2) is 5.11. The monoisotopic (exact) mass is 195 g/mol. The molecule has 0 saturated carbocycles. The molecule has 0 heterocycles. The van der Waals surface area contributed by atoms with Crippen molar-refractivity contribution in [2.75, 3.05) is 0 Å². The van der Waals surface area contributed by atoms with Crippen LogP contribution in [0.3, 0.4) is 0 Å².